The third-order valence-electron chi connectivity index (χ3n) is 2.38. The first kappa shape index (κ1) is 13.7. The predicted molar refractivity (Wildman–Crippen MR) is 75.3 cm³/mol. The normalized spacial score (nSPS) is 10.1. The fraction of sp³-hybridized carbons (Fsp3) is 0.308. The summed E-state index contributed by atoms with van der Waals surface area (Å²) in [6.45, 7) is 2.08. The van der Waals surface area contributed by atoms with E-state index >= 15 is 0 Å². The van der Waals surface area contributed by atoms with Gasteiger partial charge in [0.1, 0.15) is 9.88 Å². The average Bonchev–Trinajstić information content (AvgIpc) is 3.03. The molecule has 2 aromatic heterocycles. The topological polar surface area (TPSA) is 63.0 Å². The number of hydrogen-bond donors (Lipinski definition) is 0. The number of aryl methyl sites for hydroxylation is 1. The van der Waals surface area contributed by atoms with Gasteiger partial charge in [-0.05, 0) is 24.8 Å². The van der Waals surface area contributed by atoms with Crippen LogP contribution in [0.3, 0.4) is 0 Å². The fourth-order valence-electron chi connectivity index (χ4n) is 1.47. The maximum absolute atomic E-state index is 11.9. The maximum Gasteiger partial charge on any atom is 0.350 e. The molecule has 6 heteroatoms. The van der Waals surface area contributed by atoms with Crippen LogP contribution in [0.5, 0.6) is 0 Å². The monoisotopic (exact) mass is 292 g/mol. The quantitative estimate of drug-likeness (QED) is 0.623. The van der Waals surface area contributed by atoms with E-state index in [0.29, 0.717) is 23.4 Å². The van der Waals surface area contributed by atoms with Gasteiger partial charge in [0.15, 0.2) is 0 Å². The molecule has 0 atom stereocenters. The summed E-state index contributed by atoms with van der Waals surface area (Å²) in [6, 6.07) is 5.95. The second-order valence-electron chi connectivity index (χ2n) is 3.81. The molecule has 98 valence electrons. The Kier molecular flexibility index (Phi) is 4.66. The summed E-state index contributed by atoms with van der Waals surface area (Å²) in [7, 11) is 0. The third kappa shape index (κ3) is 3.40. The van der Waals surface area contributed by atoms with Crippen molar-refractivity contribution in [2.45, 2.75) is 19.8 Å². The molecule has 0 radical (unpaired) electrons. The molecule has 0 aromatic carbocycles. The summed E-state index contributed by atoms with van der Waals surface area (Å²) in [6.07, 6.45) is 0.966. The molecule has 0 spiro atoms. The van der Waals surface area contributed by atoms with E-state index in [1.54, 1.807) is 18.3 Å². The summed E-state index contributed by atoms with van der Waals surface area (Å²) in [5.74, 6) is -0.351. The molecule has 4 nitrogen and oxygen atoms in total. The standard InChI is InChI=1S/C13H12N2O2S2/c1-9-11(13(16)17-7-3-2-6-14)19-12(15-9)10-5-4-8-18-10/h4-5,8H,2-3,7H2,1H3. The summed E-state index contributed by atoms with van der Waals surface area (Å²) in [5, 5.41) is 11.2. The maximum atomic E-state index is 11.9. The number of ether oxygens (including phenoxy) is 1. The van der Waals surface area contributed by atoms with E-state index in [0.717, 1.165) is 9.88 Å². The summed E-state index contributed by atoms with van der Waals surface area (Å²) in [5.41, 5.74) is 0.693. The van der Waals surface area contributed by atoms with E-state index in [4.69, 9.17) is 10.00 Å². The Labute approximate surface area is 119 Å². The molecule has 19 heavy (non-hydrogen) atoms. The Balaban J connectivity index is 2.04. The van der Waals surface area contributed by atoms with Crippen molar-refractivity contribution < 1.29 is 9.53 Å². The minimum absolute atomic E-state index is 0.276. The van der Waals surface area contributed by atoms with Crippen molar-refractivity contribution in [3.63, 3.8) is 0 Å². The van der Waals surface area contributed by atoms with Gasteiger partial charge in [-0.2, -0.15) is 5.26 Å². The molecule has 0 unspecified atom stereocenters. The number of esters is 1. The summed E-state index contributed by atoms with van der Waals surface area (Å²) in [4.78, 5) is 17.9. The number of carbonyl (C=O) groups excluding carboxylic acids is 1. The second kappa shape index (κ2) is 6.45. The Morgan fingerprint density at radius 3 is 3.11 bits per heavy atom. The van der Waals surface area contributed by atoms with Gasteiger partial charge in [0.25, 0.3) is 0 Å². The van der Waals surface area contributed by atoms with Crippen molar-refractivity contribution in [2.75, 3.05) is 6.61 Å². The molecule has 0 N–H and O–H groups in total. The SMILES string of the molecule is Cc1nc(-c2cccs2)sc1C(=O)OCCCC#N. The van der Waals surface area contributed by atoms with Crippen LogP contribution in [0, 0.1) is 18.3 Å². The van der Waals surface area contributed by atoms with Crippen molar-refractivity contribution in [2.24, 2.45) is 0 Å². The Bertz CT molecular complexity index is 597. The van der Waals surface area contributed by atoms with Gasteiger partial charge in [-0.1, -0.05) is 6.07 Å². The van der Waals surface area contributed by atoms with Crippen molar-refractivity contribution in [1.29, 1.82) is 5.26 Å². The number of rotatable bonds is 5. The molecule has 0 aliphatic rings. The van der Waals surface area contributed by atoms with Gasteiger partial charge in [0.05, 0.1) is 23.2 Å². The molecular weight excluding hydrogens is 280 g/mol. The smallest absolute Gasteiger partial charge is 0.350 e. The third-order valence-corrected chi connectivity index (χ3v) is 4.56. The van der Waals surface area contributed by atoms with E-state index in [1.165, 1.54) is 11.3 Å². The highest BCUT2D eigenvalue weighted by atomic mass is 32.1. The largest absolute Gasteiger partial charge is 0.461 e. The number of carbonyl (C=O) groups is 1. The number of aromatic nitrogens is 1. The lowest BCUT2D eigenvalue weighted by atomic mass is 10.3. The van der Waals surface area contributed by atoms with E-state index in [-0.39, 0.29) is 12.6 Å². The van der Waals surface area contributed by atoms with Crippen molar-refractivity contribution >= 4 is 28.6 Å². The molecule has 0 aliphatic heterocycles. The highest BCUT2D eigenvalue weighted by Crippen LogP contribution is 2.31. The van der Waals surface area contributed by atoms with Crippen LogP contribution in [0.15, 0.2) is 17.5 Å². The van der Waals surface area contributed by atoms with Crippen LogP contribution in [-0.4, -0.2) is 17.6 Å². The highest BCUT2D eigenvalue weighted by Gasteiger charge is 2.17. The van der Waals surface area contributed by atoms with Gasteiger partial charge in [-0.15, -0.1) is 22.7 Å². The zero-order valence-electron chi connectivity index (χ0n) is 10.4. The number of nitrogens with zero attached hydrogens (tertiary/aromatic N) is 2. The van der Waals surface area contributed by atoms with E-state index < -0.39 is 0 Å². The Morgan fingerprint density at radius 1 is 1.58 bits per heavy atom. The van der Waals surface area contributed by atoms with Gasteiger partial charge >= 0.3 is 5.97 Å². The molecule has 0 saturated heterocycles. The molecule has 0 saturated carbocycles. The number of unbranched alkanes of at least 4 members (excludes halogenated alkanes) is 1. The van der Waals surface area contributed by atoms with E-state index in [2.05, 4.69) is 4.98 Å². The lowest BCUT2D eigenvalue weighted by molar-refractivity contribution is 0.0506. The Hall–Kier alpha value is -1.71. The van der Waals surface area contributed by atoms with Gasteiger partial charge < -0.3 is 4.74 Å². The number of nitriles is 1. The molecule has 0 bridgehead atoms. The molecule has 0 amide bonds. The Morgan fingerprint density at radius 2 is 2.42 bits per heavy atom. The predicted octanol–water partition coefficient (Wildman–Crippen LogP) is 3.64. The van der Waals surface area contributed by atoms with Crippen molar-refractivity contribution in [1.82, 2.24) is 4.98 Å². The van der Waals surface area contributed by atoms with Gasteiger partial charge in [0.2, 0.25) is 0 Å². The zero-order chi connectivity index (χ0) is 13.7. The first-order valence-electron chi connectivity index (χ1n) is 5.77. The number of hydrogen-bond acceptors (Lipinski definition) is 6. The highest BCUT2D eigenvalue weighted by molar-refractivity contribution is 7.22. The van der Waals surface area contributed by atoms with Gasteiger partial charge in [-0.25, -0.2) is 9.78 Å². The number of thiazole rings is 1. The van der Waals surface area contributed by atoms with E-state index in [9.17, 15) is 4.79 Å². The summed E-state index contributed by atoms with van der Waals surface area (Å²) < 4.78 is 5.13. The minimum Gasteiger partial charge on any atom is -0.461 e. The van der Waals surface area contributed by atoms with Crippen LogP contribution in [-0.2, 0) is 4.74 Å². The van der Waals surface area contributed by atoms with Crippen molar-refractivity contribution in [3.05, 3.63) is 28.1 Å². The molecule has 2 rings (SSSR count). The van der Waals surface area contributed by atoms with Crippen LogP contribution < -0.4 is 0 Å². The molecule has 2 aromatic rings. The lowest BCUT2D eigenvalue weighted by Crippen LogP contribution is -2.05. The van der Waals surface area contributed by atoms with Gasteiger partial charge in [0, 0.05) is 6.42 Å². The average molecular weight is 292 g/mol. The van der Waals surface area contributed by atoms with Crippen LogP contribution >= 0.6 is 22.7 Å². The van der Waals surface area contributed by atoms with Crippen molar-refractivity contribution in [3.8, 4) is 16.0 Å². The van der Waals surface area contributed by atoms with Crippen LogP contribution in [0.1, 0.15) is 28.2 Å². The van der Waals surface area contributed by atoms with Crippen LogP contribution in [0.2, 0.25) is 0 Å². The first-order chi connectivity index (χ1) is 9.22. The molecular formula is C13H12N2O2S2. The molecule has 0 fully saturated rings. The van der Waals surface area contributed by atoms with Gasteiger partial charge in [-0.3, -0.25) is 0 Å². The first-order valence-corrected chi connectivity index (χ1v) is 7.47. The van der Waals surface area contributed by atoms with Crippen LogP contribution in [0.4, 0.5) is 0 Å². The molecule has 0 aliphatic carbocycles. The second-order valence-corrected chi connectivity index (χ2v) is 5.76. The van der Waals surface area contributed by atoms with E-state index in [1.807, 2.05) is 23.6 Å². The zero-order valence-corrected chi connectivity index (χ0v) is 12.0. The minimum atomic E-state index is -0.351. The lowest BCUT2D eigenvalue weighted by Gasteiger charge is -2.00. The molecule has 2 heterocycles. The summed E-state index contributed by atoms with van der Waals surface area (Å²) >= 11 is 2.94. The van der Waals surface area contributed by atoms with Crippen LogP contribution in [0.25, 0.3) is 9.88 Å². The fourth-order valence-corrected chi connectivity index (χ4v) is 3.23. The number of thiophene rings is 1.